The van der Waals surface area contributed by atoms with Crippen molar-refractivity contribution in [2.75, 3.05) is 10.6 Å². The molecule has 0 fully saturated rings. The van der Waals surface area contributed by atoms with Crippen LogP contribution in [0, 0.1) is 0 Å². The molecule has 0 saturated carbocycles. The van der Waals surface area contributed by atoms with Crippen LogP contribution in [0.1, 0.15) is 16.2 Å². The standard InChI is InChI=1S/C17H12N6O3S2/c24-14(22-17-21-12(9-28-17)13-2-1-5-26-13)6-10-8-27-16(20-10)23-15(25)11-7-18-3-4-19-11/h1-5,7-9H,6H2,(H,20,23,25)(H,21,22,24). The summed E-state index contributed by atoms with van der Waals surface area (Å²) in [6, 6.07) is 3.57. The first kappa shape index (κ1) is 17.9. The van der Waals surface area contributed by atoms with Gasteiger partial charge < -0.3 is 9.73 Å². The van der Waals surface area contributed by atoms with Crippen molar-refractivity contribution in [2.45, 2.75) is 6.42 Å². The van der Waals surface area contributed by atoms with E-state index in [4.69, 9.17) is 4.42 Å². The Morgan fingerprint density at radius 2 is 1.93 bits per heavy atom. The number of furan rings is 1. The summed E-state index contributed by atoms with van der Waals surface area (Å²) >= 11 is 2.53. The van der Waals surface area contributed by atoms with Gasteiger partial charge in [-0.3, -0.25) is 19.9 Å². The lowest BCUT2D eigenvalue weighted by molar-refractivity contribution is -0.115. The zero-order valence-corrected chi connectivity index (χ0v) is 15.8. The molecule has 0 spiro atoms. The molecule has 4 heterocycles. The summed E-state index contributed by atoms with van der Waals surface area (Å²) < 4.78 is 5.28. The monoisotopic (exact) mass is 412 g/mol. The van der Waals surface area contributed by atoms with E-state index in [0.717, 1.165) is 0 Å². The van der Waals surface area contributed by atoms with E-state index in [1.807, 2.05) is 0 Å². The molecule has 140 valence electrons. The number of anilines is 2. The average molecular weight is 412 g/mol. The van der Waals surface area contributed by atoms with Crippen LogP contribution in [0.3, 0.4) is 0 Å². The fourth-order valence-corrected chi connectivity index (χ4v) is 3.64. The van der Waals surface area contributed by atoms with Gasteiger partial charge in [-0.2, -0.15) is 0 Å². The van der Waals surface area contributed by atoms with Crippen LogP contribution in [-0.4, -0.2) is 31.8 Å². The first-order chi connectivity index (χ1) is 13.7. The van der Waals surface area contributed by atoms with Crippen LogP contribution < -0.4 is 10.6 Å². The van der Waals surface area contributed by atoms with Gasteiger partial charge in [-0.1, -0.05) is 0 Å². The predicted molar refractivity (Wildman–Crippen MR) is 104 cm³/mol. The second-order valence-corrected chi connectivity index (χ2v) is 7.15. The number of hydrogen-bond acceptors (Lipinski definition) is 9. The Kier molecular flexibility index (Phi) is 5.17. The zero-order valence-electron chi connectivity index (χ0n) is 14.2. The van der Waals surface area contributed by atoms with Crippen LogP contribution in [0.5, 0.6) is 0 Å². The van der Waals surface area contributed by atoms with Gasteiger partial charge in [0.2, 0.25) is 5.91 Å². The second kappa shape index (κ2) is 8.06. The van der Waals surface area contributed by atoms with Crippen LogP contribution >= 0.6 is 22.7 Å². The molecule has 0 aliphatic rings. The predicted octanol–water partition coefficient (Wildman–Crippen LogP) is 3.08. The minimum absolute atomic E-state index is 0.0627. The van der Waals surface area contributed by atoms with Gasteiger partial charge in [0.25, 0.3) is 5.91 Å². The fourth-order valence-electron chi connectivity index (χ4n) is 2.22. The third-order valence-corrected chi connectivity index (χ3v) is 5.00. The summed E-state index contributed by atoms with van der Waals surface area (Å²) in [5.41, 5.74) is 1.39. The van der Waals surface area contributed by atoms with Gasteiger partial charge in [0.05, 0.1) is 24.6 Å². The Morgan fingerprint density at radius 1 is 1.07 bits per heavy atom. The van der Waals surface area contributed by atoms with Gasteiger partial charge in [-0.05, 0) is 12.1 Å². The SMILES string of the molecule is O=C(Cc1csc(NC(=O)c2cnccn2)n1)Nc1nc(-c2ccco2)cs1. The van der Waals surface area contributed by atoms with Gasteiger partial charge in [-0.15, -0.1) is 22.7 Å². The molecule has 0 aliphatic heterocycles. The highest BCUT2D eigenvalue weighted by molar-refractivity contribution is 7.14. The maximum absolute atomic E-state index is 12.2. The number of carbonyl (C=O) groups is 2. The maximum atomic E-state index is 12.2. The maximum Gasteiger partial charge on any atom is 0.277 e. The van der Waals surface area contributed by atoms with Crippen LogP contribution in [0.25, 0.3) is 11.5 Å². The molecule has 4 rings (SSSR count). The average Bonchev–Trinajstić information content (AvgIpc) is 3.44. The molecular formula is C17H12N6O3S2. The van der Waals surface area contributed by atoms with Gasteiger partial charge in [0.15, 0.2) is 16.0 Å². The second-order valence-electron chi connectivity index (χ2n) is 5.43. The van der Waals surface area contributed by atoms with E-state index >= 15 is 0 Å². The fraction of sp³-hybridized carbons (Fsp3) is 0.0588. The lowest BCUT2D eigenvalue weighted by atomic mass is 10.3. The smallest absolute Gasteiger partial charge is 0.277 e. The lowest BCUT2D eigenvalue weighted by Crippen LogP contribution is -2.15. The Morgan fingerprint density at radius 3 is 2.71 bits per heavy atom. The van der Waals surface area contributed by atoms with Crippen molar-refractivity contribution in [3.63, 3.8) is 0 Å². The third kappa shape index (κ3) is 4.27. The molecule has 4 aromatic heterocycles. The van der Waals surface area contributed by atoms with Gasteiger partial charge in [0, 0.05) is 23.2 Å². The van der Waals surface area contributed by atoms with Crippen molar-refractivity contribution in [3.8, 4) is 11.5 Å². The summed E-state index contributed by atoms with van der Waals surface area (Å²) in [6.07, 6.45) is 5.91. The molecule has 0 aliphatic carbocycles. The van der Waals surface area contributed by atoms with E-state index in [0.29, 0.717) is 27.4 Å². The molecule has 0 saturated heterocycles. The summed E-state index contributed by atoms with van der Waals surface area (Å²) in [4.78, 5) is 40.6. The number of thiazole rings is 2. The Labute approximate surface area is 166 Å². The molecule has 2 N–H and O–H groups in total. The number of carbonyl (C=O) groups excluding carboxylic acids is 2. The van der Waals surface area contributed by atoms with Crippen LogP contribution in [-0.2, 0) is 11.2 Å². The quantitative estimate of drug-likeness (QED) is 0.499. The molecule has 0 bridgehead atoms. The van der Waals surface area contributed by atoms with E-state index in [2.05, 4.69) is 30.6 Å². The first-order valence-corrected chi connectivity index (χ1v) is 9.74. The number of aromatic nitrogens is 4. The van der Waals surface area contributed by atoms with Crippen molar-refractivity contribution in [1.82, 2.24) is 19.9 Å². The van der Waals surface area contributed by atoms with E-state index in [-0.39, 0.29) is 18.0 Å². The van der Waals surface area contributed by atoms with Crippen LogP contribution in [0.2, 0.25) is 0 Å². The van der Waals surface area contributed by atoms with E-state index in [1.54, 1.807) is 29.2 Å². The molecular weight excluding hydrogens is 400 g/mol. The number of amides is 2. The summed E-state index contributed by atoms with van der Waals surface area (Å²) in [5.74, 6) is -0.0242. The molecule has 28 heavy (non-hydrogen) atoms. The minimum Gasteiger partial charge on any atom is -0.463 e. The van der Waals surface area contributed by atoms with Crippen LogP contribution in [0.15, 0.2) is 52.2 Å². The molecule has 0 aromatic carbocycles. The summed E-state index contributed by atoms with van der Waals surface area (Å²) in [6.45, 7) is 0. The Balaban J connectivity index is 1.33. The van der Waals surface area contributed by atoms with Gasteiger partial charge in [-0.25, -0.2) is 15.0 Å². The Hall–Kier alpha value is -3.44. The highest BCUT2D eigenvalue weighted by Crippen LogP contribution is 2.25. The highest BCUT2D eigenvalue weighted by Gasteiger charge is 2.14. The van der Waals surface area contributed by atoms with Crippen molar-refractivity contribution in [1.29, 1.82) is 0 Å². The van der Waals surface area contributed by atoms with E-state index < -0.39 is 5.91 Å². The summed E-state index contributed by atoms with van der Waals surface area (Å²) in [5, 5.41) is 9.74. The number of hydrogen-bond donors (Lipinski definition) is 2. The van der Waals surface area contributed by atoms with Crippen molar-refractivity contribution in [2.24, 2.45) is 0 Å². The molecule has 11 heteroatoms. The highest BCUT2D eigenvalue weighted by atomic mass is 32.1. The van der Waals surface area contributed by atoms with Gasteiger partial charge in [0.1, 0.15) is 11.4 Å². The summed E-state index contributed by atoms with van der Waals surface area (Å²) in [7, 11) is 0. The molecule has 2 amide bonds. The van der Waals surface area contributed by atoms with E-state index in [1.165, 1.54) is 41.3 Å². The number of nitrogens with zero attached hydrogens (tertiary/aromatic N) is 4. The lowest BCUT2D eigenvalue weighted by Gasteiger charge is -2.00. The zero-order chi connectivity index (χ0) is 19.3. The van der Waals surface area contributed by atoms with Crippen molar-refractivity contribution in [3.05, 3.63) is 59.1 Å². The number of nitrogens with one attached hydrogen (secondary N) is 2. The topological polar surface area (TPSA) is 123 Å². The number of rotatable bonds is 6. The largest absolute Gasteiger partial charge is 0.463 e. The normalized spacial score (nSPS) is 10.6. The first-order valence-electron chi connectivity index (χ1n) is 7.98. The molecule has 0 atom stereocenters. The molecule has 4 aromatic rings. The third-order valence-electron chi connectivity index (χ3n) is 3.43. The van der Waals surface area contributed by atoms with Crippen molar-refractivity contribution < 1.29 is 14.0 Å². The molecule has 0 unspecified atom stereocenters. The molecule has 9 nitrogen and oxygen atoms in total. The van der Waals surface area contributed by atoms with Crippen molar-refractivity contribution >= 4 is 44.8 Å². The van der Waals surface area contributed by atoms with Gasteiger partial charge >= 0.3 is 0 Å². The van der Waals surface area contributed by atoms with Crippen LogP contribution in [0.4, 0.5) is 10.3 Å². The molecule has 0 radical (unpaired) electrons. The Bertz CT molecular complexity index is 1090. The minimum atomic E-state index is -0.410. The van der Waals surface area contributed by atoms with E-state index in [9.17, 15) is 9.59 Å².